The molecule has 2 N–H and O–H groups in total. The average Bonchev–Trinajstić information content (AvgIpc) is 2.97. The van der Waals surface area contributed by atoms with Crippen LogP contribution in [0.25, 0.3) is 0 Å². The molecule has 2 aromatic rings. The summed E-state index contributed by atoms with van der Waals surface area (Å²) in [5.74, 6) is 1.33. The van der Waals surface area contributed by atoms with Gasteiger partial charge in [-0.15, -0.1) is 0 Å². The predicted octanol–water partition coefficient (Wildman–Crippen LogP) is 3.64. The molecule has 1 aliphatic rings. The number of carbonyl (C=O) groups excluding carboxylic acids is 1. The molecule has 0 bridgehead atoms. The van der Waals surface area contributed by atoms with Crippen molar-refractivity contribution in [3.63, 3.8) is 0 Å². The highest BCUT2D eigenvalue weighted by Crippen LogP contribution is 2.36. The Bertz CT molecular complexity index is 777. The van der Waals surface area contributed by atoms with Gasteiger partial charge < -0.3 is 14.8 Å². The van der Waals surface area contributed by atoms with Crippen LogP contribution in [0.2, 0.25) is 0 Å². The van der Waals surface area contributed by atoms with Gasteiger partial charge in [0, 0.05) is 15.7 Å². The Morgan fingerprint density at radius 3 is 2.78 bits per heavy atom. The number of hydrazone groups is 1. The summed E-state index contributed by atoms with van der Waals surface area (Å²) < 4.78 is 11.4. The zero-order valence-electron chi connectivity index (χ0n) is 12.3. The van der Waals surface area contributed by atoms with Crippen molar-refractivity contribution < 1.29 is 14.3 Å². The Morgan fingerprint density at radius 2 is 2.00 bits per heavy atom. The molecule has 0 spiro atoms. The Morgan fingerprint density at radius 1 is 1.26 bits per heavy atom. The Hall–Kier alpha value is -2.54. The van der Waals surface area contributed by atoms with E-state index in [-0.39, 0.29) is 6.79 Å². The van der Waals surface area contributed by atoms with E-state index in [0.29, 0.717) is 11.5 Å². The van der Waals surface area contributed by atoms with Gasteiger partial charge in [0.2, 0.25) is 6.79 Å². The molecule has 2 amide bonds. The minimum atomic E-state index is -0.410. The molecule has 1 heterocycles. The smallest absolute Gasteiger partial charge is 0.339 e. The molecule has 3 rings (SSSR count). The van der Waals surface area contributed by atoms with Crippen LogP contribution in [-0.2, 0) is 0 Å². The van der Waals surface area contributed by atoms with E-state index in [9.17, 15) is 4.79 Å². The molecule has 0 aromatic heterocycles. The lowest BCUT2D eigenvalue weighted by Crippen LogP contribution is -2.24. The summed E-state index contributed by atoms with van der Waals surface area (Å²) in [5, 5.41) is 6.67. The number of amides is 2. The number of nitrogens with zero attached hydrogens (tertiary/aromatic N) is 1. The van der Waals surface area contributed by atoms with Gasteiger partial charge in [0.15, 0.2) is 11.5 Å². The molecular formula is C16H14BrN3O3. The first-order valence-corrected chi connectivity index (χ1v) is 7.67. The summed E-state index contributed by atoms with van der Waals surface area (Å²) in [6.45, 7) is 2.13. The van der Waals surface area contributed by atoms with Crippen molar-refractivity contribution >= 4 is 33.9 Å². The molecule has 0 saturated carbocycles. The SMILES string of the molecule is Cc1ccccc1NC(=O)NN=Cc1cc2c(cc1Br)OCO2. The number of para-hydroxylation sites is 1. The number of rotatable bonds is 3. The van der Waals surface area contributed by atoms with Crippen molar-refractivity contribution in [3.05, 3.63) is 52.0 Å². The van der Waals surface area contributed by atoms with Crippen LogP contribution in [0.5, 0.6) is 11.5 Å². The number of urea groups is 1. The van der Waals surface area contributed by atoms with Gasteiger partial charge in [-0.05, 0) is 46.6 Å². The molecule has 0 radical (unpaired) electrons. The van der Waals surface area contributed by atoms with Crippen molar-refractivity contribution in [1.82, 2.24) is 5.43 Å². The van der Waals surface area contributed by atoms with Gasteiger partial charge in [-0.3, -0.25) is 0 Å². The van der Waals surface area contributed by atoms with Gasteiger partial charge in [0.1, 0.15) is 0 Å². The highest BCUT2D eigenvalue weighted by atomic mass is 79.9. The maximum atomic E-state index is 11.8. The molecule has 1 aliphatic heterocycles. The van der Waals surface area contributed by atoms with Crippen molar-refractivity contribution in [2.24, 2.45) is 5.10 Å². The summed E-state index contributed by atoms with van der Waals surface area (Å²) in [6.07, 6.45) is 1.53. The third-order valence-corrected chi connectivity index (χ3v) is 3.94. The van der Waals surface area contributed by atoms with Crippen LogP contribution in [0.15, 0.2) is 46.0 Å². The zero-order chi connectivity index (χ0) is 16.2. The molecular weight excluding hydrogens is 362 g/mol. The predicted molar refractivity (Wildman–Crippen MR) is 91.2 cm³/mol. The van der Waals surface area contributed by atoms with Crippen LogP contribution in [-0.4, -0.2) is 19.0 Å². The summed E-state index contributed by atoms with van der Waals surface area (Å²) in [5.41, 5.74) is 4.91. The first kappa shape index (κ1) is 15.4. The molecule has 0 fully saturated rings. The number of benzene rings is 2. The Kier molecular flexibility index (Phi) is 4.47. The molecule has 0 saturated heterocycles. The van der Waals surface area contributed by atoms with Crippen LogP contribution in [0.1, 0.15) is 11.1 Å². The van der Waals surface area contributed by atoms with Crippen LogP contribution in [0.4, 0.5) is 10.5 Å². The van der Waals surface area contributed by atoms with Crippen molar-refractivity contribution in [2.45, 2.75) is 6.92 Å². The van der Waals surface area contributed by atoms with E-state index < -0.39 is 6.03 Å². The third kappa shape index (κ3) is 3.62. The van der Waals surface area contributed by atoms with E-state index in [1.807, 2.05) is 31.2 Å². The number of nitrogens with one attached hydrogen (secondary N) is 2. The minimum absolute atomic E-state index is 0.208. The fourth-order valence-electron chi connectivity index (χ4n) is 2.06. The van der Waals surface area contributed by atoms with Crippen LogP contribution in [0.3, 0.4) is 0 Å². The number of carbonyl (C=O) groups is 1. The average molecular weight is 376 g/mol. The topological polar surface area (TPSA) is 72.0 Å². The second-order valence-electron chi connectivity index (χ2n) is 4.87. The molecule has 0 aliphatic carbocycles. The summed E-state index contributed by atoms with van der Waals surface area (Å²) in [7, 11) is 0. The number of hydrogen-bond acceptors (Lipinski definition) is 4. The number of anilines is 1. The molecule has 6 nitrogen and oxygen atoms in total. The number of aryl methyl sites for hydroxylation is 1. The second-order valence-corrected chi connectivity index (χ2v) is 5.72. The van der Waals surface area contributed by atoms with Crippen molar-refractivity contribution in [1.29, 1.82) is 0 Å². The van der Waals surface area contributed by atoms with Crippen molar-refractivity contribution in [3.8, 4) is 11.5 Å². The van der Waals surface area contributed by atoms with Gasteiger partial charge >= 0.3 is 6.03 Å². The summed E-state index contributed by atoms with van der Waals surface area (Å²) in [6, 6.07) is 10.7. The van der Waals surface area contributed by atoms with Gasteiger partial charge in [0.25, 0.3) is 0 Å². The van der Waals surface area contributed by atoms with Gasteiger partial charge in [0.05, 0.1) is 6.21 Å². The number of fused-ring (bicyclic) bond motifs is 1. The molecule has 2 aromatic carbocycles. The number of halogens is 1. The molecule has 0 unspecified atom stereocenters. The lowest BCUT2D eigenvalue weighted by Gasteiger charge is -2.07. The highest BCUT2D eigenvalue weighted by molar-refractivity contribution is 9.10. The third-order valence-electron chi connectivity index (χ3n) is 3.25. The quantitative estimate of drug-likeness (QED) is 0.635. The van der Waals surface area contributed by atoms with Gasteiger partial charge in [-0.25, -0.2) is 10.2 Å². The number of hydrogen-bond donors (Lipinski definition) is 2. The first-order valence-electron chi connectivity index (χ1n) is 6.88. The van der Waals surface area contributed by atoms with Crippen LogP contribution in [0, 0.1) is 6.92 Å². The lowest BCUT2D eigenvalue weighted by atomic mass is 10.2. The number of ether oxygens (including phenoxy) is 2. The molecule has 0 atom stereocenters. The van der Waals surface area contributed by atoms with E-state index in [2.05, 4.69) is 31.8 Å². The van der Waals surface area contributed by atoms with E-state index in [0.717, 1.165) is 21.3 Å². The Labute approximate surface area is 141 Å². The van der Waals surface area contributed by atoms with Crippen molar-refractivity contribution in [2.75, 3.05) is 12.1 Å². The monoisotopic (exact) mass is 375 g/mol. The highest BCUT2D eigenvalue weighted by Gasteiger charge is 2.15. The molecule has 7 heteroatoms. The van der Waals surface area contributed by atoms with E-state index in [1.165, 1.54) is 6.21 Å². The minimum Gasteiger partial charge on any atom is -0.454 e. The first-order chi connectivity index (χ1) is 11.1. The molecule has 118 valence electrons. The van der Waals surface area contributed by atoms with Crippen LogP contribution >= 0.6 is 15.9 Å². The largest absolute Gasteiger partial charge is 0.454 e. The van der Waals surface area contributed by atoms with E-state index in [1.54, 1.807) is 12.1 Å². The van der Waals surface area contributed by atoms with Gasteiger partial charge in [-0.2, -0.15) is 5.10 Å². The zero-order valence-corrected chi connectivity index (χ0v) is 13.9. The van der Waals surface area contributed by atoms with E-state index in [4.69, 9.17) is 9.47 Å². The van der Waals surface area contributed by atoms with Crippen LogP contribution < -0.4 is 20.2 Å². The fraction of sp³-hybridized carbons (Fsp3) is 0.125. The normalized spacial score (nSPS) is 12.4. The van der Waals surface area contributed by atoms with Gasteiger partial charge in [-0.1, -0.05) is 18.2 Å². The standard InChI is InChI=1S/C16H14BrN3O3/c1-10-4-2-3-5-13(10)19-16(21)20-18-8-11-6-14-15(7-12(11)17)23-9-22-14/h2-8H,9H2,1H3,(H2,19,20,21). The Balaban J connectivity index is 1.63. The maximum Gasteiger partial charge on any atom is 0.339 e. The van der Waals surface area contributed by atoms with E-state index >= 15 is 0 Å². The maximum absolute atomic E-state index is 11.8. The summed E-state index contributed by atoms with van der Waals surface area (Å²) >= 11 is 3.43. The lowest BCUT2D eigenvalue weighted by molar-refractivity contribution is 0.174. The summed E-state index contributed by atoms with van der Waals surface area (Å²) in [4.78, 5) is 11.8. The molecule has 23 heavy (non-hydrogen) atoms. The fourth-order valence-corrected chi connectivity index (χ4v) is 2.48. The second kappa shape index (κ2) is 6.70.